The summed E-state index contributed by atoms with van der Waals surface area (Å²) in [7, 11) is 5.37. The van der Waals surface area contributed by atoms with Gasteiger partial charge in [-0.1, -0.05) is 0 Å². The molecule has 0 aromatic heterocycles. The summed E-state index contributed by atoms with van der Waals surface area (Å²) in [6.45, 7) is 2.02. The molecule has 1 rings (SSSR count). The number of hydrogen-bond donors (Lipinski definition) is 1. The fourth-order valence-electron chi connectivity index (χ4n) is 1.84. The molecule has 17 heavy (non-hydrogen) atoms. The Bertz CT molecular complexity index is 369. The van der Waals surface area contributed by atoms with Gasteiger partial charge in [-0.2, -0.15) is 11.8 Å². The molecule has 1 aromatic carbocycles. The van der Waals surface area contributed by atoms with E-state index in [9.17, 15) is 0 Å². The molecular weight excluding hydrogens is 234 g/mol. The molecule has 0 radical (unpaired) electrons. The molecule has 0 aliphatic carbocycles. The van der Waals surface area contributed by atoms with Crippen molar-refractivity contribution in [2.24, 2.45) is 0 Å². The summed E-state index contributed by atoms with van der Waals surface area (Å²) in [5, 5.41) is 3.31. The molecule has 0 amide bonds. The van der Waals surface area contributed by atoms with Crippen LogP contribution in [0.5, 0.6) is 11.5 Å². The Morgan fingerprint density at radius 3 is 2.35 bits per heavy atom. The second-order valence-corrected chi connectivity index (χ2v) is 4.77. The van der Waals surface area contributed by atoms with Crippen molar-refractivity contribution in [3.8, 4) is 11.5 Å². The second kappa shape index (κ2) is 6.77. The minimum Gasteiger partial charge on any atom is -0.496 e. The monoisotopic (exact) mass is 255 g/mol. The van der Waals surface area contributed by atoms with E-state index in [0.717, 1.165) is 28.4 Å². The molecule has 96 valence electrons. The SMILES string of the molecule is CNC(CSC)c1cc(OC)c(C)cc1OC. The number of thioether (sulfide) groups is 1. The van der Waals surface area contributed by atoms with E-state index in [-0.39, 0.29) is 6.04 Å². The van der Waals surface area contributed by atoms with Gasteiger partial charge in [0.25, 0.3) is 0 Å². The third-order valence-corrected chi connectivity index (χ3v) is 3.47. The van der Waals surface area contributed by atoms with Crippen LogP contribution >= 0.6 is 11.8 Å². The maximum absolute atomic E-state index is 5.45. The van der Waals surface area contributed by atoms with Gasteiger partial charge in [0.1, 0.15) is 11.5 Å². The Morgan fingerprint density at radius 2 is 1.88 bits per heavy atom. The predicted octanol–water partition coefficient (Wildman–Crippen LogP) is 2.64. The van der Waals surface area contributed by atoms with Crippen LogP contribution in [0, 0.1) is 6.92 Å². The third-order valence-electron chi connectivity index (χ3n) is 2.80. The van der Waals surface area contributed by atoms with E-state index in [2.05, 4.69) is 17.6 Å². The van der Waals surface area contributed by atoms with Crippen LogP contribution in [0.3, 0.4) is 0 Å². The van der Waals surface area contributed by atoms with Gasteiger partial charge in [-0.3, -0.25) is 0 Å². The van der Waals surface area contributed by atoms with Gasteiger partial charge < -0.3 is 14.8 Å². The second-order valence-electron chi connectivity index (χ2n) is 3.86. The predicted molar refractivity (Wildman–Crippen MR) is 74.5 cm³/mol. The number of methoxy groups -OCH3 is 2. The fourth-order valence-corrected chi connectivity index (χ4v) is 2.52. The fraction of sp³-hybridized carbons (Fsp3) is 0.538. The van der Waals surface area contributed by atoms with Gasteiger partial charge in [0.2, 0.25) is 0 Å². The Labute approximate surface area is 108 Å². The molecule has 0 aliphatic heterocycles. The largest absolute Gasteiger partial charge is 0.496 e. The van der Waals surface area contributed by atoms with Gasteiger partial charge in [0, 0.05) is 17.4 Å². The maximum atomic E-state index is 5.45. The molecule has 0 saturated carbocycles. The van der Waals surface area contributed by atoms with E-state index >= 15 is 0 Å². The van der Waals surface area contributed by atoms with Crippen molar-refractivity contribution in [1.82, 2.24) is 5.32 Å². The summed E-state index contributed by atoms with van der Waals surface area (Å²) in [6.07, 6.45) is 2.10. The zero-order valence-electron chi connectivity index (χ0n) is 11.2. The average molecular weight is 255 g/mol. The minimum absolute atomic E-state index is 0.273. The van der Waals surface area contributed by atoms with E-state index in [1.54, 1.807) is 14.2 Å². The molecule has 1 aromatic rings. The summed E-state index contributed by atoms with van der Waals surface area (Å²) in [6, 6.07) is 4.36. The molecule has 3 nitrogen and oxygen atoms in total. The molecule has 0 spiro atoms. The lowest BCUT2D eigenvalue weighted by atomic mass is 10.0. The molecule has 0 heterocycles. The first-order chi connectivity index (χ1) is 8.17. The molecule has 1 unspecified atom stereocenters. The van der Waals surface area contributed by atoms with Crippen LogP contribution in [0.25, 0.3) is 0 Å². The zero-order chi connectivity index (χ0) is 12.8. The van der Waals surface area contributed by atoms with Crippen molar-refractivity contribution in [1.29, 1.82) is 0 Å². The van der Waals surface area contributed by atoms with E-state index < -0.39 is 0 Å². The van der Waals surface area contributed by atoms with Crippen LogP contribution < -0.4 is 14.8 Å². The minimum atomic E-state index is 0.273. The lowest BCUT2D eigenvalue weighted by Gasteiger charge is -2.20. The number of hydrogen-bond acceptors (Lipinski definition) is 4. The molecule has 1 N–H and O–H groups in total. The van der Waals surface area contributed by atoms with Crippen LogP contribution in [0.1, 0.15) is 17.2 Å². The maximum Gasteiger partial charge on any atom is 0.124 e. The average Bonchev–Trinajstić information content (AvgIpc) is 2.35. The van der Waals surface area contributed by atoms with Crippen molar-refractivity contribution < 1.29 is 9.47 Å². The molecule has 4 heteroatoms. The molecular formula is C13H21NO2S. The molecule has 0 aliphatic rings. The Morgan fingerprint density at radius 1 is 1.24 bits per heavy atom. The standard InChI is InChI=1S/C13H21NO2S/c1-9-6-13(16-4)10(7-12(9)15-3)11(14-2)8-17-5/h6-7,11,14H,8H2,1-5H3. The Kier molecular flexibility index (Phi) is 5.65. The summed E-state index contributed by atoms with van der Waals surface area (Å²) >= 11 is 1.81. The van der Waals surface area contributed by atoms with Crippen LogP contribution in [-0.4, -0.2) is 33.3 Å². The summed E-state index contributed by atoms with van der Waals surface area (Å²) in [5.74, 6) is 2.82. The first-order valence-electron chi connectivity index (χ1n) is 5.56. The smallest absolute Gasteiger partial charge is 0.124 e. The van der Waals surface area contributed by atoms with Gasteiger partial charge in [-0.05, 0) is 37.9 Å². The van der Waals surface area contributed by atoms with Crippen molar-refractivity contribution >= 4 is 11.8 Å². The highest BCUT2D eigenvalue weighted by Crippen LogP contribution is 2.33. The van der Waals surface area contributed by atoms with Crippen LogP contribution in [0.15, 0.2) is 12.1 Å². The molecule has 1 atom stereocenters. The summed E-state index contributed by atoms with van der Waals surface area (Å²) in [4.78, 5) is 0. The number of aryl methyl sites for hydroxylation is 1. The van der Waals surface area contributed by atoms with Crippen LogP contribution in [0.2, 0.25) is 0 Å². The van der Waals surface area contributed by atoms with E-state index in [1.807, 2.05) is 31.8 Å². The Hall–Kier alpha value is -0.870. The number of benzene rings is 1. The van der Waals surface area contributed by atoms with E-state index in [0.29, 0.717) is 0 Å². The van der Waals surface area contributed by atoms with Crippen molar-refractivity contribution in [2.75, 3.05) is 33.3 Å². The summed E-state index contributed by atoms with van der Waals surface area (Å²) in [5.41, 5.74) is 2.24. The number of nitrogens with one attached hydrogen (secondary N) is 1. The van der Waals surface area contributed by atoms with Crippen LogP contribution in [0.4, 0.5) is 0 Å². The molecule has 0 saturated heterocycles. The normalized spacial score (nSPS) is 12.3. The summed E-state index contributed by atoms with van der Waals surface area (Å²) < 4.78 is 10.8. The lowest BCUT2D eigenvalue weighted by Crippen LogP contribution is -2.19. The van der Waals surface area contributed by atoms with E-state index in [4.69, 9.17) is 9.47 Å². The van der Waals surface area contributed by atoms with Gasteiger partial charge in [0.15, 0.2) is 0 Å². The van der Waals surface area contributed by atoms with Crippen molar-refractivity contribution in [3.05, 3.63) is 23.3 Å². The molecule has 0 bridgehead atoms. The topological polar surface area (TPSA) is 30.5 Å². The molecule has 0 fully saturated rings. The van der Waals surface area contributed by atoms with Gasteiger partial charge in [-0.25, -0.2) is 0 Å². The third kappa shape index (κ3) is 3.30. The van der Waals surface area contributed by atoms with Gasteiger partial charge >= 0.3 is 0 Å². The van der Waals surface area contributed by atoms with Crippen LogP contribution in [-0.2, 0) is 0 Å². The first kappa shape index (κ1) is 14.2. The number of rotatable bonds is 6. The number of ether oxygens (including phenoxy) is 2. The van der Waals surface area contributed by atoms with E-state index in [1.165, 1.54) is 0 Å². The Balaban J connectivity index is 3.18. The lowest BCUT2D eigenvalue weighted by molar-refractivity contribution is 0.392. The first-order valence-corrected chi connectivity index (χ1v) is 6.96. The quantitative estimate of drug-likeness (QED) is 0.846. The highest BCUT2D eigenvalue weighted by atomic mass is 32.2. The highest BCUT2D eigenvalue weighted by molar-refractivity contribution is 7.98. The zero-order valence-corrected chi connectivity index (χ0v) is 12.0. The van der Waals surface area contributed by atoms with Gasteiger partial charge in [-0.15, -0.1) is 0 Å². The van der Waals surface area contributed by atoms with Crippen molar-refractivity contribution in [3.63, 3.8) is 0 Å². The highest BCUT2D eigenvalue weighted by Gasteiger charge is 2.16. The van der Waals surface area contributed by atoms with Gasteiger partial charge in [0.05, 0.1) is 14.2 Å². The van der Waals surface area contributed by atoms with Crippen molar-refractivity contribution in [2.45, 2.75) is 13.0 Å².